The van der Waals surface area contributed by atoms with Crippen LogP contribution >= 0.6 is 0 Å². The van der Waals surface area contributed by atoms with E-state index in [0.29, 0.717) is 32.1 Å². The molecule has 15 heteroatoms. The van der Waals surface area contributed by atoms with Crippen molar-refractivity contribution < 1.29 is 34.0 Å². The van der Waals surface area contributed by atoms with Crippen LogP contribution in [0.15, 0.2) is 29.3 Å². The average Bonchev–Trinajstić information content (AvgIpc) is 3.69. The normalized spacial score (nSPS) is 20.6. The molecule has 4 atom stereocenters. The van der Waals surface area contributed by atoms with E-state index in [9.17, 15) is 4.79 Å². The van der Waals surface area contributed by atoms with E-state index in [1.54, 1.807) is 6.92 Å². The minimum Gasteiger partial charge on any atom is -0.492 e. The van der Waals surface area contributed by atoms with Gasteiger partial charge < -0.3 is 46.4 Å². The Bertz CT molecular complexity index is 1300. The maximum absolute atomic E-state index is 12.4. The summed E-state index contributed by atoms with van der Waals surface area (Å²) in [5.74, 6) is 0.427. The summed E-state index contributed by atoms with van der Waals surface area (Å²) in [5, 5.41) is 2.50. The van der Waals surface area contributed by atoms with Crippen molar-refractivity contribution in [1.82, 2.24) is 20.2 Å². The quantitative estimate of drug-likeness (QED) is 0.0888. The van der Waals surface area contributed by atoms with Crippen molar-refractivity contribution >= 4 is 23.5 Å². The number of rotatable bonds is 20. The van der Waals surface area contributed by atoms with Crippen LogP contribution in [0, 0.1) is 6.92 Å². The highest BCUT2D eigenvalue weighted by molar-refractivity contribution is 6.06. The van der Waals surface area contributed by atoms with Gasteiger partial charge in [-0.2, -0.15) is 0 Å². The van der Waals surface area contributed by atoms with Crippen LogP contribution in [0.4, 0.5) is 11.6 Å². The van der Waals surface area contributed by atoms with Crippen molar-refractivity contribution in [2.24, 2.45) is 10.7 Å². The number of hydrogen-bond donors (Lipinski definition) is 4. The molecule has 2 saturated heterocycles. The minimum absolute atomic E-state index is 0. The summed E-state index contributed by atoms with van der Waals surface area (Å²) in [6, 6.07) is 8.29. The third-order valence-electron chi connectivity index (χ3n) is 8.65. The zero-order valence-corrected chi connectivity index (χ0v) is 29.9. The molecule has 4 unspecified atom stereocenters. The smallest absolute Gasteiger partial charge is 0.280 e. The summed E-state index contributed by atoms with van der Waals surface area (Å²) < 4.78 is 28.8. The topological polar surface area (TPSA) is 226 Å². The number of anilines is 2. The molecule has 1 aromatic carbocycles. The number of benzene rings is 1. The van der Waals surface area contributed by atoms with Gasteiger partial charge in [-0.15, -0.1) is 0 Å². The van der Waals surface area contributed by atoms with Gasteiger partial charge in [0.15, 0.2) is 30.1 Å². The van der Waals surface area contributed by atoms with Gasteiger partial charge in [0, 0.05) is 13.1 Å². The van der Waals surface area contributed by atoms with Crippen molar-refractivity contribution in [3.05, 3.63) is 41.2 Å². The molecule has 4 rings (SSSR count). The molecule has 50 heavy (non-hydrogen) atoms. The van der Waals surface area contributed by atoms with Crippen LogP contribution < -0.4 is 27.3 Å². The highest BCUT2D eigenvalue weighted by atomic mass is 16.7. The van der Waals surface area contributed by atoms with Crippen molar-refractivity contribution in [1.29, 1.82) is 0 Å². The fourth-order valence-corrected chi connectivity index (χ4v) is 5.85. The maximum Gasteiger partial charge on any atom is 0.280 e. The number of nitrogens with zero attached hydrogens (tertiary/aromatic N) is 4. The molecule has 0 spiro atoms. The molecule has 2 aromatic rings. The van der Waals surface area contributed by atoms with Crippen LogP contribution in [0.1, 0.15) is 87.0 Å². The first-order valence-corrected chi connectivity index (χ1v) is 17.7. The zero-order chi connectivity index (χ0) is 35.0. The highest BCUT2D eigenvalue weighted by Gasteiger charge is 2.23. The van der Waals surface area contributed by atoms with E-state index in [4.69, 9.17) is 40.9 Å². The van der Waals surface area contributed by atoms with Crippen LogP contribution in [0.3, 0.4) is 0 Å². The number of carbonyl (C=O) groups excluding carboxylic acids is 1. The van der Waals surface area contributed by atoms with Crippen LogP contribution in [0.25, 0.3) is 0 Å². The first-order chi connectivity index (χ1) is 23.7. The van der Waals surface area contributed by atoms with Gasteiger partial charge in [-0.1, -0.05) is 12.1 Å². The monoisotopic (exact) mass is 702 g/mol. The second kappa shape index (κ2) is 21.6. The van der Waals surface area contributed by atoms with Gasteiger partial charge in [0.25, 0.3) is 5.91 Å². The van der Waals surface area contributed by atoms with Crippen LogP contribution in [0.2, 0.25) is 0 Å². The van der Waals surface area contributed by atoms with Crippen LogP contribution in [-0.4, -0.2) is 103 Å². The van der Waals surface area contributed by atoms with Gasteiger partial charge in [-0.05, 0) is 109 Å². The Morgan fingerprint density at radius 3 is 2.10 bits per heavy atom. The van der Waals surface area contributed by atoms with Crippen molar-refractivity contribution in [3.63, 3.8) is 0 Å². The molecule has 3 heterocycles. The van der Waals surface area contributed by atoms with E-state index in [1.165, 1.54) is 5.56 Å². The van der Waals surface area contributed by atoms with Crippen LogP contribution in [-0.2, 0) is 25.4 Å². The molecule has 1 aromatic heterocycles. The molecule has 0 radical (unpaired) electrons. The predicted molar refractivity (Wildman–Crippen MR) is 193 cm³/mol. The number of nitrogens with one attached hydrogen (secondary N) is 1. The molecule has 2 aliphatic rings. The summed E-state index contributed by atoms with van der Waals surface area (Å²) in [5.41, 5.74) is 18.9. The fourth-order valence-electron chi connectivity index (χ4n) is 5.85. The maximum atomic E-state index is 12.4. The van der Waals surface area contributed by atoms with E-state index in [-0.39, 0.29) is 53.6 Å². The highest BCUT2D eigenvalue weighted by Crippen LogP contribution is 2.19. The minimum atomic E-state index is -0.573. The van der Waals surface area contributed by atoms with E-state index in [2.05, 4.69) is 37.3 Å². The Balaban J connectivity index is 0.00000676. The second-order valence-electron chi connectivity index (χ2n) is 12.8. The fraction of sp³-hybridized carbons (Fsp3) is 0.657. The molecule has 9 N–H and O–H groups in total. The third-order valence-corrected chi connectivity index (χ3v) is 8.65. The number of aromatic nitrogens is 2. The number of guanidine groups is 1. The Kier molecular flexibility index (Phi) is 17.6. The molecule has 2 aliphatic heterocycles. The molecular weight excluding hydrogens is 644 g/mol. The number of aryl methyl sites for hydroxylation is 2. The predicted octanol–water partition coefficient (Wildman–Crippen LogP) is 2.74. The lowest BCUT2D eigenvalue weighted by atomic mass is 10.1. The second-order valence-corrected chi connectivity index (χ2v) is 12.8. The summed E-state index contributed by atoms with van der Waals surface area (Å²) in [6.07, 6.45) is 9.49. The number of hydrogen-bond acceptors (Lipinski definition) is 12. The summed E-state index contributed by atoms with van der Waals surface area (Å²) in [7, 11) is 0. The van der Waals surface area contributed by atoms with Gasteiger partial charge >= 0.3 is 0 Å². The van der Waals surface area contributed by atoms with Crippen LogP contribution in [0.5, 0.6) is 5.75 Å². The Labute approximate surface area is 295 Å². The Hall–Kier alpha value is -3.60. The zero-order valence-electron chi connectivity index (χ0n) is 29.9. The van der Waals surface area contributed by atoms with Crippen molar-refractivity contribution in [2.75, 3.05) is 57.5 Å². The SMILES string of the molecule is Cc1nc(C(=O)NC(N)=NCCCCc2ccc(OCCN(CCCCC3COC(C)O3)CCCCC3COC(C)O3)cc2)c(N)nc1N.O. The molecule has 1 amide bonds. The number of nitrogen functional groups attached to an aromatic ring is 2. The van der Waals surface area contributed by atoms with E-state index < -0.39 is 5.91 Å². The molecular formula is C35H58N8O7. The standard InChI is InChI=1S/C35H56N8O6.H2O/c1-24-32(36)41-33(37)31(40-24)34(44)42-35(38)39-17-7-4-10-27-13-15-28(16-14-27)45-21-20-43(18-8-5-11-29-22-46-25(2)48-29)19-9-6-12-30-23-47-26(3)49-30;/h13-16,25-26,29-30H,4-12,17-23H2,1-3H3,(H4,36,37,41)(H3,38,39,42,44);1H2. The molecule has 15 nitrogen and oxygen atoms in total. The largest absolute Gasteiger partial charge is 0.492 e. The molecule has 280 valence electrons. The van der Waals surface area contributed by atoms with Crippen molar-refractivity contribution in [2.45, 2.75) is 103 Å². The number of amides is 1. The van der Waals surface area contributed by atoms with Crippen molar-refractivity contribution in [3.8, 4) is 5.75 Å². The van der Waals surface area contributed by atoms with Gasteiger partial charge in [-0.25, -0.2) is 9.97 Å². The summed E-state index contributed by atoms with van der Waals surface area (Å²) >= 11 is 0. The first-order valence-electron chi connectivity index (χ1n) is 17.7. The van der Waals surface area contributed by atoms with E-state index in [1.807, 2.05) is 26.0 Å². The Morgan fingerprint density at radius 2 is 1.52 bits per heavy atom. The van der Waals surface area contributed by atoms with Gasteiger partial charge in [0.2, 0.25) is 0 Å². The number of aliphatic imine (C=N–C) groups is 1. The summed E-state index contributed by atoms with van der Waals surface area (Å²) in [4.78, 5) is 27.2. The van der Waals surface area contributed by atoms with E-state index >= 15 is 0 Å². The summed E-state index contributed by atoms with van der Waals surface area (Å²) in [6.45, 7) is 11.0. The lowest BCUT2D eigenvalue weighted by Crippen LogP contribution is -2.38. The number of nitrogens with two attached hydrogens (primary N) is 3. The van der Waals surface area contributed by atoms with Gasteiger partial charge in [-0.3, -0.25) is 20.0 Å². The molecule has 2 fully saturated rings. The first kappa shape index (κ1) is 40.8. The Morgan fingerprint density at radius 1 is 0.900 bits per heavy atom. The lowest BCUT2D eigenvalue weighted by molar-refractivity contribution is -0.0437. The van der Waals surface area contributed by atoms with Gasteiger partial charge in [0.05, 0.1) is 31.1 Å². The molecule has 0 saturated carbocycles. The molecule has 0 aliphatic carbocycles. The average molecular weight is 703 g/mol. The molecule has 0 bridgehead atoms. The van der Waals surface area contributed by atoms with E-state index in [0.717, 1.165) is 83.2 Å². The van der Waals surface area contributed by atoms with Gasteiger partial charge in [0.1, 0.15) is 18.2 Å². The number of unbranched alkanes of at least 4 members (excludes halogenated alkanes) is 3. The third kappa shape index (κ3) is 14.3. The number of ether oxygens (including phenoxy) is 5. The lowest BCUT2D eigenvalue weighted by Gasteiger charge is -2.23. The number of carbonyl (C=O) groups is 1.